The second-order valence-corrected chi connectivity index (χ2v) is 7.08. The van der Waals surface area contributed by atoms with E-state index in [0.29, 0.717) is 18.8 Å². The zero-order valence-electron chi connectivity index (χ0n) is 16.3. The van der Waals surface area contributed by atoms with Gasteiger partial charge < -0.3 is 10.6 Å². The van der Waals surface area contributed by atoms with Crippen molar-refractivity contribution in [3.05, 3.63) is 77.1 Å². The number of rotatable bonds is 6. The lowest BCUT2D eigenvalue weighted by molar-refractivity contribution is -0.124. The van der Waals surface area contributed by atoms with Gasteiger partial charge in [0.1, 0.15) is 11.9 Å². The molecule has 1 aliphatic heterocycles. The molecular weight excluding hydrogens is 388 g/mol. The molecule has 0 radical (unpaired) electrons. The summed E-state index contributed by atoms with van der Waals surface area (Å²) in [5.74, 6) is 0.543. The van der Waals surface area contributed by atoms with Crippen molar-refractivity contribution in [2.45, 2.75) is 31.8 Å². The Balaban J connectivity index is 0.00000240. The standard InChI is InChI=1S/C21H24N6O.ClH/c1-15-24-25-26-27(15)20(13-16-7-3-2-4-8-16)21(28)23-14-19-18-10-6-5-9-17(18)11-12-22-19;/h2-10,19-20,22H,11-14H2,1H3,(H,23,28);1H. The van der Waals surface area contributed by atoms with E-state index >= 15 is 0 Å². The number of hydrogen-bond donors (Lipinski definition) is 2. The van der Waals surface area contributed by atoms with Crippen molar-refractivity contribution in [2.75, 3.05) is 13.1 Å². The zero-order valence-corrected chi connectivity index (χ0v) is 17.1. The minimum absolute atomic E-state index is 0. The summed E-state index contributed by atoms with van der Waals surface area (Å²) in [6.07, 6.45) is 1.55. The maximum atomic E-state index is 13.1. The fourth-order valence-electron chi connectivity index (χ4n) is 3.75. The Morgan fingerprint density at radius 1 is 1.21 bits per heavy atom. The molecule has 2 heterocycles. The van der Waals surface area contributed by atoms with Gasteiger partial charge in [0, 0.05) is 19.0 Å². The van der Waals surface area contributed by atoms with E-state index in [1.54, 1.807) is 4.68 Å². The van der Waals surface area contributed by atoms with Crippen molar-refractivity contribution in [2.24, 2.45) is 0 Å². The van der Waals surface area contributed by atoms with Crippen molar-refractivity contribution >= 4 is 18.3 Å². The van der Waals surface area contributed by atoms with E-state index in [4.69, 9.17) is 0 Å². The number of halogens is 1. The van der Waals surface area contributed by atoms with Gasteiger partial charge in [-0.15, -0.1) is 17.5 Å². The fraction of sp³-hybridized carbons (Fsp3) is 0.333. The number of carbonyl (C=O) groups excluding carboxylic acids is 1. The number of nitrogens with zero attached hydrogens (tertiary/aromatic N) is 4. The lowest BCUT2D eigenvalue weighted by atomic mass is 9.94. The van der Waals surface area contributed by atoms with Crippen LogP contribution in [-0.2, 0) is 17.6 Å². The van der Waals surface area contributed by atoms with Crippen molar-refractivity contribution in [3.63, 3.8) is 0 Å². The second kappa shape index (κ2) is 9.62. The summed E-state index contributed by atoms with van der Waals surface area (Å²) in [4.78, 5) is 13.1. The molecule has 2 unspecified atom stereocenters. The fourth-order valence-corrected chi connectivity index (χ4v) is 3.75. The normalized spacial score (nSPS) is 16.4. The van der Waals surface area contributed by atoms with Crippen LogP contribution in [0.3, 0.4) is 0 Å². The van der Waals surface area contributed by atoms with Gasteiger partial charge in [0.15, 0.2) is 0 Å². The Kier molecular flexibility index (Phi) is 6.95. The molecule has 8 heteroatoms. The summed E-state index contributed by atoms with van der Waals surface area (Å²) in [6.45, 7) is 3.25. The average Bonchev–Trinajstić information content (AvgIpc) is 3.16. The first-order valence-electron chi connectivity index (χ1n) is 9.59. The third kappa shape index (κ3) is 4.81. The van der Waals surface area contributed by atoms with Crippen LogP contribution >= 0.6 is 12.4 Å². The van der Waals surface area contributed by atoms with Gasteiger partial charge in [0.05, 0.1) is 0 Å². The number of benzene rings is 2. The Labute approximate surface area is 176 Å². The Morgan fingerprint density at radius 3 is 2.72 bits per heavy atom. The second-order valence-electron chi connectivity index (χ2n) is 7.08. The third-order valence-electron chi connectivity index (χ3n) is 5.22. The van der Waals surface area contributed by atoms with Gasteiger partial charge in [-0.2, -0.15) is 0 Å². The van der Waals surface area contributed by atoms with Gasteiger partial charge in [-0.05, 0) is 47.0 Å². The number of tetrazole rings is 1. The zero-order chi connectivity index (χ0) is 19.3. The molecule has 0 saturated heterocycles. The first-order chi connectivity index (χ1) is 13.7. The summed E-state index contributed by atoms with van der Waals surface area (Å²) in [5, 5.41) is 18.3. The molecule has 4 rings (SSSR count). The van der Waals surface area contributed by atoms with Crippen LogP contribution in [0.25, 0.3) is 0 Å². The lowest BCUT2D eigenvalue weighted by Crippen LogP contribution is -2.42. The smallest absolute Gasteiger partial charge is 0.245 e. The van der Waals surface area contributed by atoms with E-state index in [-0.39, 0.29) is 24.4 Å². The van der Waals surface area contributed by atoms with Crippen LogP contribution in [0.15, 0.2) is 54.6 Å². The molecule has 1 aromatic heterocycles. The van der Waals surface area contributed by atoms with Gasteiger partial charge in [-0.25, -0.2) is 4.68 Å². The number of hydrogen-bond acceptors (Lipinski definition) is 5. The van der Waals surface area contributed by atoms with Crippen LogP contribution in [0.2, 0.25) is 0 Å². The number of amides is 1. The number of aromatic nitrogens is 4. The summed E-state index contributed by atoms with van der Waals surface area (Å²) in [7, 11) is 0. The van der Waals surface area contributed by atoms with E-state index in [9.17, 15) is 4.79 Å². The Morgan fingerprint density at radius 2 is 1.97 bits per heavy atom. The Hall–Kier alpha value is -2.77. The van der Waals surface area contributed by atoms with E-state index in [2.05, 4.69) is 44.4 Å². The molecule has 0 aliphatic carbocycles. The lowest BCUT2D eigenvalue weighted by Gasteiger charge is -2.28. The van der Waals surface area contributed by atoms with E-state index in [1.807, 2.05) is 43.3 Å². The molecule has 2 aromatic carbocycles. The maximum Gasteiger partial charge on any atom is 0.245 e. The van der Waals surface area contributed by atoms with Gasteiger partial charge >= 0.3 is 0 Å². The van der Waals surface area contributed by atoms with Gasteiger partial charge in [-0.3, -0.25) is 4.79 Å². The van der Waals surface area contributed by atoms with E-state index in [1.165, 1.54) is 11.1 Å². The largest absolute Gasteiger partial charge is 0.352 e. The Bertz CT molecular complexity index is 945. The number of fused-ring (bicyclic) bond motifs is 1. The van der Waals surface area contributed by atoms with Crippen molar-refractivity contribution in [1.82, 2.24) is 30.8 Å². The first-order valence-corrected chi connectivity index (χ1v) is 9.59. The quantitative estimate of drug-likeness (QED) is 0.648. The number of carbonyl (C=O) groups is 1. The molecule has 1 amide bonds. The predicted octanol–water partition coefficient (Wildman–Crippen LogP) is 2.19. The summed E-state index contributed by atoms with van der Waals surface area (Å²) < 4.78 is 1.60. The molecule has 0 saturated carbocycles. The van der Waals surface area contributed by atoms with Crippen molar-refractivity contribution < 1.29 is 4.79 Å². The van der Waals surface area contributed by atoms with Crippen LogP contribution in [0.5, 0.6) is 0 Å². The molecule has 0 bridgehead atoms. The van der Waals surface area contributed by atoms with Gasteiger partial charge in [0.2, 0.25) is 5.91 Å². The highest BCUT2D eigenvalue weighted by Gasteiger charge is 2.26. The summed E-state index contributed by atoms with van der Waals surface area (Å²) in [6, 6.07) is 18.0. The summed E-state index contributed by atoms with van der Waals surface area (Å²) >= 11 is 0. The monoisotopic (exact) mass is 412 g/mol. The van der Waals surface area contributed by atoms with Crippen molar-refractivity contribution in [3.8, 4) is 0 Å². The van der Waals surface area contributed by atoms with E-state index < -0.39 is 6.04 Å². The average molecular weight is 413 g/mol. The van der Waals surface area contributed by atoms with Crippen LogP contribution in [0, 0.1) is 6.92 Å². The van der Waals surface area contributed by atoms with E-state index in [0.717, 1.165) is 18.5 Å². The van der Waals surface area contributed by atoms with Crippen LogP contribution in [0.1, 0.15) is 34.6 Å². The minimum atomic E-state index is -0.490. The molecular formula is C21H25ClN6O. The molecule has 7 nitrogen and oxygen atoms in total. The number of aryl methyl sites for hydroxylation is 1. The van der Waals surface area contributed by atoms with Crippen LogP contribution in [-0.4, -0.2) is 39.2 Å². The van der Waals surface area contributed by atoms with Crippen molar-refractivity contribution in [1.29, 1.82) is 0 Å². The highest BCUT2D eigenvalue weighted by Crippen LogP contribution is 2.22. The highest BCUT2D eigenvalue weighted by molar-refractivity contribution is 5.85. The van der Waals surface area contributed by atoms with Gasteiger partial charge in [-0.1, -0.05) is 54.6 Å². The van der Waals surface area contributed by atoms with Crippen LogP contribution in [0.4, 0.5) is 0 Å². The molecule has 29 heavy (non-hydrogen) atoms. The molecule has 0 spiro atoms. The molecule has 2 atom stereocenters. The third-order valence-corrected chi connectivity index (χ3v) is 5.22. The SMILES string of the molecule is Cc1nnnn1C(Cc1ccccc1)C(=O)NCC1NCCc2ccccc21.Cl. The minimum Gasteiger partial charge on any atom is -0.352 e. The molecule has 152 valence electrons. The summed E-state index contributed by atoms with van der Waals surface area (Å²) in [5.41, 5.74) is 3.67. The topological polar surface area (TPSA) is 84.7 Å². The van der Waals surface area contributed by atoms with Gasteiger partial charge in [0.25, 0.3) is 0 Å². The molecule has 1 aliphatic rings. The maximum absolute atomic E-state index is 13.1. The predicted molar refractivity (Wildman–Crippen MR) is 113 cm³/mol. The highest BCUT2D eigenvalue weighted by atomic mass is 35.5. The first kappa shape index (κ1) is 21.0. The van der Waals surface area contributed by atoms with Crippen LogP contribution < -0.4 is 10.6 Å². The molecule has 3 aromatic rings. The molecule has 0 fully saturated rings. The number of nitrogens with one attached hydrogen (secondary N) is 2. The molecule has 2 N–H and O–H groups in total.